The quantitative estimate of drug-likeness (QED) is 0.734. The van der Waals surface area contributed by atoms with Gasteiger partial charge < -0.3 is 20.9 Å². The Morgan fingerprint density at radius 3 is 2.62 bits per heavy atom. The van der Waals surface area contributed by atoms with Crippen molar-refractivity contribution in [2.24, 2.45) is 33.7 Å². The molecule has 6 nitrogen and oxygen atoms in total. The molecule has 0 radical (unpaired) electrons. The first-order valence-electron chi connectivity index (χ1n) is 10.6. The number of hydrogen-bond donors (Lipinski definition) is 2. The number of nitrogens with zero attached hydrogens (tertiary/aromatic N) is 2. The fourth-order valence-electron chi connectivity index (χ4n) is 4.33. The van der Waals surface area contributed by atoms with Crippen molar-refractivity contribution in [3.63, 3.8) is 0 Å². The maximum Gasteiger partial charge on any atom is 0.161 e. The minimum absolute atomic E-state index is 0.164. The van der Waals surface area contributed by atoms with E-state index in [1.807, 2.05) is 6.07 Å². The lowest BCUT2D eigenvalue weighted by Gasteiger charge is -2.44. The number of likely N-dealkylation sites (tertiary alicyclic amines) is 1. The van der Waals surface area contributed by atoms with Crippen molar-refractivity contribution in [2.75, 3.05) is 26.8 Å². The summed E-state index contributed by atoms with van der Waals surface area (Å²) in [6.07, 6.45) is 5.78. The Balaban J connectivity index is 1.61. The zero-order chi connectivity index (χ0) is 21.0. The highest BCUT2D eigenvalue weighted by molar-refractivity contribution is 5.78. The van der Waals surface area contributed by atoms with E-state index in [1.54, 1.807) is 13.3 Å². The van der Waals surface area contributed by atoms with E-state index in [1.165, 1.54) is 5.56 Å². The number of hydrogen-bond acceptors (Lipinski definition) is 6. The van der Waals surface area contributed by atoms with Gasteiger partial charge in [-0.15, -0.1) is 0 Å². The van der Waals surface area contributed by atoms with Crippen LogP contribution in [0.1, 0.15) is 39.2 Å². The van der Waals surface area contributed by atoms with Crippen LogP contribution in [0.5, 0.6) is 11.5 Å². The lowest BCUT2D eigenvalue weighted by Crippen LogP contribution is -2.48. The molecule has 1 aromatic carbocycles. The van der Waals surface area contributed by atoms with Gasteiger partial charge in [-0.25, -0.2) is 0 Å². The first-order chi connectivity index (χ1) is 13.8. The summed E-state index contributed by atoms with van der Waals surface area (Å²) < 4.78 is 11.4. The molecule has 6 heteroatoms. The topological polar surface area (TPSA) is 86.1 Å². The molecule has 2 heterocycles. The summed E-state index contributed by atoms with van der Waals surface area (Å²) in [4.78, 5) is 6.90. The van der Waals surface area contributed by atoms with Gasteiger partial charge in [0.05, 0.1) is 13.7 Å². The van der Waals surface area contributed by atoms with E-state index in [4.69, 9.17) is 20.9 Å². The van der Waals surface area contributed by atoms with Crippen LogP contribution < -0.4 is 20.9 Å². The van der Waals surface area contributed by atoms with Crippen LogP contribution in [0.3, 0.4) is 0 Å². The monoisotopic (exact) mass is 400 g/mol. The van der Waals surface area contributed by atoms with Gasteiger partial charge in [-0.1, -0.05) is 32.9 Å². The lowest BCUT2D eigenvalue weighted by atomic mass is 9.69. The predicted octanol–water partition coefficient (Wildman–Crippen LogP) is 3.16. The number of aliphatic imine (C=N–C) groups is 1. The van der Waals surface area contributed by atoms with Crippen LogP contribution in [0, 0.1) is 17.3 Å². The van der Waals surface area contributed by atoms with Crippen molar-refractivity contribution in [1.82, 2.24) is 4.90 Å². The fourth-order valence-corrected chi connectivity index (χ4v) is 4.33. The number of benzene rings is 1. The van der Waals surface area contributed by atoms with Crippen molar-refractivity contribution in [3.05, 3.63) is 35.5 Å². The molecule has 2 aliphatic heterocycles. The highest BCUT2D eigenvalue weighted by Crippen LogP contribution is 2.41. The van der Waals surface area contributed by atoms with E-state index in [2.05, 4.69) is 48.9 Å². The summed E-state index contributed by atoms with van der Waals surface area (Å²) >= 11 is 0. The van der Waals surface area contributed by atoms with Gasteiger partial charge >= 0.3 is 0 Å². The largest absolute Gasteiger partial charge is 0.493 e. The standard InChI is InChI=1S/C23H36N4O2/c1-16(2)15-29-21-11-17(5-6-20(21)28-4)14-27-9-7-18(8-10-27)23(3)12-19(24)13-26-22(23)25/h5-6,11-13,16,18,22H,7-10,14-15,24-25H2,1-4H3. The molecular formula is C23H36N4O2. The molecule has 1 aromatic rings. The summed E-state index contributed by atoms with van der Waals surface area (Å²) in [5.74, 6) is 2.58. The number of allylic oxidation sites excluding steroid dienone is 1. The number of piperidine rings is 1. The van der Waals surface area contributed by atoms with Crippen LogP contribution in [0.2, 0.25) is 0 Å². The zero-order valence-corrected chi connectivity index (χ0v) is 18.2. The van der Waals surface area contributed by atoms with Crippen molar-refractivity contribution in [3.8, 4) is 11.5 Å². The summed E-state index contributed by atoms with van der Waals surface area (Å²) in [5, 5.41) is 0. The molecule has 0 aromatic heterocycles. The van der Waals surface area contributed by atoms with Crippen LogP contribution in [-0.4, -0.2) is 44.1 Å². The molecule has 2 aliphatic rings. The van der Waals surface area contributed by atoms with Crippen LogP contribution >= 0.6 is 0 Å². The number of rotatable bonds is 7. The molecule has 0 saturated carbocycles. The third-order valence-corrected chi connectivity index (χ3v) is 6.17. The van der Waals surface area contributed by atoms with E-state index < -0.39 is 0 Å². The Morgan fingerprint density at radius 1 is 1.24 bits per heavy atom. The summed E-state index contributed by atoms with van der Waals surface area (Å²) in [7, 11) is 1.68. The van der Waals surface area contributed by atoms with Crippen LogP contribution in [0.25, 0.3) is 0 Å². The smallest absolute Gasteiger partial charge is 0.161 e. The third kappa shape index (κ3) is 5.11. The van der Waals surface area contributed by atoms with Gasteiger partial charge in [0.25, 0.3) is 0 Å². The highest BCUT2D eigenvalue weighted by Gasteiger charge is 2.40. The third-order valence-electron chi connectivity index (χ3n) is 6.17. The second-order valence-corrected chi connectivity index (χ2v) is 8.97. The van der Waals surface area contributed by atoms with Crippen molar-refractivity contribution in [1.29, 1.82) is 0 Å². The zero-order valence-electron chi connectivity index (χ0n) is 18.2. The molecule has 0 aliphatic carbocycles. The lowest BCUT2D eigenvalue weighted by molar-refractivity contribution is 0.0973. The van der Waals surface area contributed by atoms with Crippen LogP contribution in [0.15, 0.2) is 35.0 Å². The van der Waals surface area contributed by atoms with Gasteiger partial charge in [0.15, 0.2) is 11.5 Å². The number of dihydropyridines is 1. The Bertz CT molecular complexity index is 753. The van der Waals surface area contributed by atoms with Gasteiger partial charge in [0, 0.05) is 23.9 Å². The van der Waals surface area contributed by atoms with Gasteiger partial charge in [-0.05, 0) is 55.5 Å². The predicted molar refractivity (Wildman–Crippen MR) is 118 cm³/mol. The molecule has 0 bridgehead atoms. The molecule has 29 heavy (non-hydrogen) atoms. The second kappa shape index (κ2) is 9.18. The van der Waals surface area contributed by atoms with E-state index in [0.29, 0.717) is 18.4 Å². The van der Waals surface area contributed by atoms with Crippen molar-refractivity contribution < 1.29 is 9.47 Å². The summed E-state index contributed by atoms with van der Waals surface area (Å²) in [6.45, 7) is 10.2. The van der Waals surface area contributed by atoms with Crippen molar-refractivity contribution in [2.45, 2.75) is 46.3 Å². The minimum atomic E-state index is -0.214. The van der Waals surface area contributed by atoms with E-state index in [9.17, 15) is 0 Å². The molecule has 2 unspecified atom stereocenters. The molecule has 1 fully saturated rings. The minimum Gasteiger partial charge on any atom is -0.493 e. The maximum absolute atomic E-state index is 6.32. The highest BCUT2D eigenvalue weighted by atomic mass is 16.5. The molecule has 1 saturated heterocycles. The summed E-state index contributed by atoms with van der Waals surface area (Å²) in [5.41, 5.74) is 14.1. The SMILES string of the molecule is COc1ccc(CN2CCC(C3(C)C=C(N)C=NC3N)CC2)cc1OCC(C)C. The van der Waals surface area contributed by atoms with E-state index in [0.717, 1.165) is 49.7 Å². The van der Waals surface area contributed by atoms with Gasteiger partial charge in [-0.2, -0.15) is 0 Å². The average molecular weight is 401 g/mol. The number of methoxy groups -OCH3 is 1. The van der Waals surface area contributed by atoms with Gasteiger partial charge in [-0.3, -0.25) is 9.89 Å². The molecule has 160 valence electrons. The van der Waals surface area contributed by atoms with Gasteiger partial charge in [0.2, 0.25) is 0 Å². The number of nitrogens with two attached hydrogens (primary N) is 2. The molecule has 4 N–H and O–H groups in total. The van der Waals surface area contributed by atoms with Crippen molar-refractivity contribution >= 4 is 6.21 Å². The Kier molecular flexibility index (Phi) is 6.85. The Hall–Kier alpha value is -2.05. The van der Waals surface area contributed by atoms with Crippen LogP contribution in [-0.2, 0) is 6.54 Å². The Labute approximate surface area is 174 Å². The summed E-state index contributed by atoms with van der Waals surface area (Å²) in [6, 6.07) is 6.25. The average Bonchev–Trinajstić information content (AvgIpc) is 2.70. The molecule has 2 atom stereocenters. The van der Waals surface area contributed by atoms with E-state index in [-0.39, 0.29) is 11.6 Å². The van der Waals surface area contributed by atoms with Gasteiger partial charge in [0.1, 0.15) is 6.17 Å². The number of ether oxygens (including phenoxy) is 2. The first kappa shape index (κ1) is 21.7. The Morgan fingerprint density at radius 2 is 1.97 bits per heavy atom. The molecule has 3 rings (SSSR count). The molecule has 0 spiro atoms. The molecule has 0 amide bonds. The van der Waals surface area contributed by atoms with Crippen LogP contribution in [0.4, 0.5) is 0 Å². The fraction of sp³-hybridized carbons (Fsp3) is 0.609. The second-order valence-electron chi connectivity index (χ2n) is 8.97. The molecular weight excluding hydrogens is 364 g/mol. The van der Waals surface area contributed by atoms with E-state index >= 15 is 0 Å². The maximum atomic E-state index is 6.32. The normalized spacial score (nSPS) is 25.9. The first-order valence-corrected chi connectivity index (χ1v) is 10.6.